The Morgan fingerprint density at radius 1 is 1.29 bits per heavy atom. The zero-order valence-corrected chi connectivity index (χ0v) is 13.1. The lowest BCUT2D eigenvalue weighted by Crippen LogP contribution is -2.21. The first-order valence-electron chi connectivity index (χ1n) is 6.73. The summed E-state index contributed by atoms with van der Waals surface area (Å²) >= 11 is 1.13. The van der Waals surface area contributed by atoms with Crippen LogP contribution in [-0.2, 0) is 14.3 Å². The Kier molecular flexibility index (Phi) is 5.80. The Morgan fingerprint density at radius 3 is 2.79 bits per heavy atom. The molecule has 0 spiro atoms. The van der Waals surface area contributed by atoms with E-state index < -0.39 is 30.2 Å². The van der Waals surface area contributed by atoms with Crippen LogP contribution in [0.3, 0.4) is 0 Å². The molecule has 1 aromatic heterocycles. The molecule has 0 aliphatic carbocycles. The lowest BCUT2D eigenvalue weighted by Gasteiger charge is -2.04. The number of carbonyl (C=O) groups excluding carboxylic acids is 3. The highest BCUT2D eigenvalue weighted by atomic mass is 32.1. The van der Waals surface area contributed by atoms with Gasteiger partial charge >= 0.3 is 5.97 Å². The van der Waals surface area contributed by atoms with Crippen LogP contribution in [0.15, 0.2) is 41.8 Å². The number of carbonyl (C=O) groups is 3. The molecular formula is C16H13FN2O4S. The third kappa shape index (κ3) is 5.03. The Labute approximate surface area is 140 Å². The van der Waals surface area contributed by atoms with Gasteiger partial charge in [0.25, 0.3) is 11.8 Å². The smallest absolute Gasteiger partial charge is 0.331 e. The highest BCUT2D eigenvalue weighted by Gasteiger charge is 2.13. The summed E-state index contributed by atoms with van der Waals surface area (Å²) in [6.07, 6.45) is 2.45. The first-order chi connectivity index (χ1) is 11.5. The monoisotopic (exact) mass is 348 g/mol. The standard InChI is InChI=1S/C16H13FN2O4S/c17-11-3-1-2-10(8-11)4-5-14(21)23-9-13(20)19-16-12(15(18)22)6-7-24-16/h1-8H,9H2,(H2,18,22)(H,19,20). The zero-order chi connectivity index (χ0) is 17.5. The highest BCUT2D eigenvalue weighted by Crippen LogP contribution is 2.22. The summed E-state index contributed by atoms with van der Waals surface area (Å²) in [4.78, 5) is 34.4. The molecule has 8 heteroatoms. The van der Waals surface area contributed by atoms with Crippen molar-refractivity contribution in [3.63, 3.8) is 0 Å². The van der Waals surface area contributed by atoms with Crippen molar-refractivity contribution in [3.8, 4) is 0 Å². The minimum Gasteiger partial charge on any atom is -0.452 e. The van der Waals surface area contributed by atoms with Gasteiger partial charge in [-0.1, -0.05) is 12.1 Å². The molecular weight excluding hydrogens is 335 g/mol. The van der Waals surface area contributed by atoms with E-state index in [-0.39, 0.29) is 5.56 Å². The van der Waals surface area contributed by atoms with Crippen molar-refractivity contribution in [3.05, 3.63) is 58.7 Å². The lowest BCUT2D eigenvalue weighted by molar-refractivity contribution is -0.142. The molecule has 0 saturated carbocycles. The second-order valence-electron chi connectivity index (χ2n) is 4.57. The van der Waals surface area contributed by atoms with Gasteiger partial charge in [-0.25, -0.2) is 9.18 Å². The van der Waals surface area contributed by atoms with E-state index in [1.54, 1.807) is 11.4 Å². The number of anilines is 1. The fourth-order valence-electron chi connectivity index (χ4n) is 1.72. The van der Waals surface area contributed by atoms with Crippen LogP contribution >= 0.6 is 11.3 Å². The molecule has 0 fully saturated rings. The summed E-state index contributed by atoms with van der Waals surface area (Å²) in [6.45, 7) is -0.525. The molecule has 2 aromatic rings. The summed E-state index contributed by atoms with van der Waals surface area (Å²) in [7, 11) is 0. The van der Waals surface area contributed by atoms with Gasteiger partial charge in [0.2, 0.25) is 0 Å². The molecule has 0 unspecified atom stereocenters. The number of nitrogens with one attached hydrogen (secondary N) is 1. The minimum absolute atomic E-state index is 0.186. The van der Waals surface area contributed by atoms with Crippen molar-refractivity contribution in [1.82, 2.24) is 0 Å². The summed E-state index contributed by atoms with van der Waals surface area (Å²) in [5.74, 6) is -2.45. The first-order valence-corrected chi connectivity index (χ1v) is 7.61. The number of nitrogens with two attached hydrogens (primary N) is 1. The van der Waals surface area contributed by atoms with Gasteiger partial charge < -0.3 is 15.8 Å². The number of esters is 1. The molecule has 1 aromatic carbocycles. The maximum absolute atomic E-state index is 13.0. The Bertz CT molecular complexity index is 801. The molecule has 0 aliphatic rings. The average Bonchev–Trinajstić information content (AvgIpc) is 2.99. The topological polar surface area (TPSA) is 98.5 Å². The summed E-state index contributed by atoms with van der Waals surface area (Å²) < 4.78 is 17.7. The highest BCUT2D eigenvalue weighted by molar-refractivity contribution is 7.14. The van der Waals surface area contributed by atoms with Crippen molar-refractivity contribution in [2.75, 3.05) is 11.9 Å². The maximum Gasteiger partial charge on any atom is 0.331 e. The van der Waals surface area contributed by atoms with Crippen molar-refractivity contribution in [2.45, 2.75) is 0 Å². The number of hydrogen-bond donors (Lipinski definition) is 2. The molecule has 1 heterocycles. The van der Waals surface area contributed by atoms with Gasteiger partial charge in [-0.3, -0.25) is 9.59 Å². The summed E-state index contributed by atoms with van der Waals surface area (Å²) in [6, 6.07) is 7.13. The van der Waals surface area contributed by atoms with Crippen molar-refractivity contribution in [1.29, 1.82) is 0 Å². The molecule has 0 bridgehead atoms. The molecule has 0 atom stereocenters. The Balaban J connectivity index is 1.84. The van der Waals surface area contributed by atoms with E-state index >= 15 is 0 Å². The molecule has 0 saturated heterocycles. The number of primary amides is 1. The molecule has 6 nitrogen and oxygen atoms in total. The summed E-state index contributed by atoms with van der Waals surface area (Å²) in [5.41, 5.74) is 5.83. The number of rotatable bonds is 6. The van der Waals surface area contributed by atoms with Gasteiger partial charge in [0.1, 0.15) is 10.8 Å². The van der Waals surface area contributed by atoms with E-state index in [1.165, 1.54) is 30.3 Å². The van der Waals surface area contributed by atoms with Crippen molar-refractivity contribution >= 4 is 40.2 Å². The molecule has 2 amide bonds. The van der Waals surface area contributed by atoms with Crippen molar-refractivity contribution < 1.29 is 23.5 Å². The fraction of sp³-hybridized carbons (Fsp3) is 0.0625. The van der Waals surface area contributed by atoms with Crippen molar-refractivity contribution in [2.24, 2.45) is 5.73 Å². The second kappa shape index (κ2) is 8.02. The minimum atomic E-state index is -0.754. The molecule has 0 radical (unpaired) electrons. The quantitative estimate of drug-likeness (QED) is 0.617. The first kappa shape index (κ1) is 17.4. The molecule has 2 rings (SSSR count). The molecule has 124 valence electrons. The van der Waals surface area contributed by atoms with Gasteiger partial charge in [0.05, 0.1) is 5.56 Å². The SMILES string of the molecule is NC(=O)c1ccsc1NC(=O)COC(=O)C=Cc1cccc(F)c1. The predicted octanol–water partition coefficient (Wildman–Crippen LogP) is 2.18. The van der Waals surface area contributed by atoms with Gasteiger partial charge in [-0.15, -0.1) is 11.3 Å². The number of hydrogen-bond acceptors (Lipinski definition) is 5. The largest absolute Gasteiger partial charge is 0.452 e. The fourth-order valence-corrected chi connectivity index (χ4v) is 2.53. The van der Waals surface area contributed by atoms with Crippen LogP contribution in [0.4, 0.5) is 9.39 Å². The van der Waals surface area contributed by atoms with Gasteiger partial charge in [-0.05, 0) is 35.2 Å². The number of amides is 2. The van der Waals surface area contributed by atoms with E-state index in [4.69, 9.17) is 10.5 Å². The predicted molar refractivity (Wildman–Crippen MR) is 87.9 cm³/mol. The van der Waals surface area contributed by atoms with Crippen LogP contribution in [0, 0.1) is 5.82 Å². The molecule has 24 heavy (non-hydrogen) atoms. The second-order valence-corrected chi connectivity index (χ2v) is 5.49. The van der Waals surface area contributed by atoms with E-state index in [9.17, 15) is 18.8 Å². The van der Waals surface area contributed by atoms with Crippen LogP contribution in [0.5, 0.6) is 0 Å². The number of halogens is 1. The van der Waals surface area contributed by atoms with E-state index in [2.05, 4.69) is 5.32 Å². The number of ether oxygens (including phenoxy) is 1. The Morgan fingerprint density at radius 2 is 2.08 bits per heavy atom. The van der Waals surface area contributed by atoms with Gasteiger partial charge in [0, 0.05) is 6.08 Å². The van der Waals surface area contributed by atoms with Crippen LogP contribution in [-0.4, -0.2) is 24.4 Å². The van der Waals surface area contributed by atoms with E-state index in [0.29, 0.717) is 10.6 Å². The van der Waals surface area contributed by atoms with Crippen LogP contribution in [0.1, 0.15) is 15.9 Å². The van der Waals surface area contributed by atoms with Crippen LogP contribution in [0.2, 0.25) is 0 Å². The Hall–Kier alpha value is -3.00. The van der Waals surface area contributed by atoms with E-state index in [0.717, 1.165) is 17.4 Å². The molecule has 0 aliphatic heterocycles. The summed E-state index contributed by atoms with van der Waals surface area (Å²) in [5, 5.41) is 4.33. The third-order valence-corrected chi connectivity index (χ3v) is 3.62. The zero-order valence-electron chi connectivity index (χ0n) is 12.3. The lowest BCUT2D eigenvalue weighted by atomic mass is 10.2. The third-order valence-electron chi connectivity index (χ3n) is 2.79. The van der Waals surface area contributed by atoms with Crippen LogP contribution < -0.4 is 11.1 Å². The van der Waals surface area contributed by atoms with E-state index in [1.807, 2.05) is 0 Å². The van der Waals surface area contributed by atoms with Gasteiger partial charge in [-0.2, -0.15) is 0 Å². The number of thiophene rings is 1. The normalized spacial score (nSPS) is 10.5. The number of benzene rings is 1. The van der Waals surface area contributed by atoms with Crippen LogP contribution in [0.25, 0.3) is 6.08 Å². The molecule has 3 N–H and O–H groups in total. The maximum atomic E-state index is 13.0. The van der Waals surface area contributed by atoms with Gasteiger partial charge in [0.15, 0.2) is 6.61 Å². The average molecular weight is 348 g/mol.